The summed E-state index contributed by atoms with van der Waals surface area (Å²) in [6.07, 6.45) is 2.04. The van der Waals surface area contributed by atoms with Gasteiger partial charge in [-0.25, -0.2) is 28.1 Å². The molecule has 3 N–H and O–H groups in total. The van der Waals surface area contributed by atoms with Crippen LogP contribution in [-0.2, 0) is 14.8 Å². The Morgan fingerprint density at radius 3 is 2.09 bits per heavy atom. The molecule has 0 aliphatic heterocycles. The summed E-state index contributed by atoms with van der Waals surface area (Å²) in [6.45, 7) is 7.78. The third-order valence-electron chi connectivity index (χ3n) is 6.72. The SMILES string of the molecule is CCC(Sc1nc(-c2ccc(C)cc2)c(-c2ccc(C)cc2)[nH]1)C(=O)Nc1ccc(S(=O)(=O)Nc2nccc(C)n2)cc1. The van der Waals surface area contributed by atoms with Gasteiger partial charge in [-0.15, -0.1) is 0 Å². The molecular weight excluding hydrogens is 581 g/mol. The molecule has 0 bridgehead atoms. The Kier molecular flexibility index (Phi) is 8.93. The van der Waals surface area contributed by atoms with Crippen molar-refractivity contribution in [2.45, 2.75) is 49.4 Å². The number of H-pyrrole nitrogens is 1. The molecular formula is C32H32N6O3S2. The first-order valence-electron chi connectivity index (χ1n) is 13.8. The predicted octanol–water partition coefficient (Wildman–Crippen LogP) is 6.77. The Morgan fingerprint density at radius 1 is 0.860 bits per heavy atom. The largest absolute Gasteiger partial charge is 0.332 e. The maximum atomic E-state index is 13.3. The van der Waals surface area contributed by atoms with E-state index in [1.54, 1.807) is 25.1 Å². The topological polar surface area (TPSA) is 130 Å². The summed E-state index contributed by atoms with van der Waals surface area (Å²) in [5.41, 5.74) is 7.16. The molecule has 0 radical (unpaired) electrons. The number of imidazole rings is 1. The molecule has 0 aliphatic carbocycles. The Bertz CT molecular complexity index is 1770. The van der Waals surface area contributed by atoms with Crippen LogP contribution < -0.4 is 10.0 Å². The molecule has 11 heteroatoms. The van der Waals surface area contributed by atoms with Crippen LogP contribution in [0, 0.1) is 20.8 Å². The van der Waals surface area contributed by atoms with Crippen molar-refractivity contribution in [3.05, 3.63) is 102 Å². The van der Waals surface area contributed by atoms with Crippen LogP contribution in [0.5, 0.6) is 0 Å². The van der Waals surface area contributed by atoms with E-state index >= 15 is 0 Å². The fourth-order valence-electron chi connectivity index (χ4n) is 4.33. The van der Waals surface area contributed by atoms with Crippen LogP contribution in [0.15, 0.2) is 95.1 Å². The number of sulfonamides is 1. The summed E-state index contributed by atoms with van der Waals surface area (Å²) < 4.78 is 27.9. The lowest BCUT2D eigenvalue weighted by Gasteiger charge is -2.14. The first kappa shape index (κ1) is 30.0. The molecule has 1 amide bonds. The number of carbonyl (C=O) groups is 1. The van der Waals surface area contributed by atoms with Gasteiger partial charge in [-0.2, -0.15) is 0 Å². The number of hydrogen-bond donors (Lipinski definition) is 3. The van der Waals surface area contributed by atoms with Crippen molar-refractivity contribution in [3.63, 3.8) is 0 Å². The lowest BCUT2D eigenvalue weighted by Crippen LogP contribution is -2.24. The van der Waals surface area contributed by atoms with E-state index < -0.39 is 15.3 Å². The van der Waals surface area contributed by atoms with Crippen LogP contribution in [0.3, 0.4) is 0 Å². The maximum absolute atomic E-state index is 13.3. The molecule has 43 heavy (non-hydrogen) atoms. The van der Waals surface area contributed by atoms with E-state index in [-0.39, 0.29) is 16.8 Å². The molecule has 0 saturated heterocycles. The summed E-state index contributed by atoms with van der Waals surface area (Å²) in [4.78, 5) is 29.7. The normalized spacial score (nSPS) is 12.1. The quantitative estimate of drug-likeness (QED) is 0.148. The molecule has 1 atom stereocenters. The number of aryl methyl sites for hydroxylation is 3. The number of aromatic amines is 1. The van der Waals surface area contributed by atoms with Crippen LogP contribution >= 0.6 is 11.8 Å². The number of rotatable bonds is 10. The van der Waals surface area contributed by atoms with E-state index in [0.29, 0.717) is 23.0 Å². The highest BCUT2D eigenvalue weighted by atomic mass is 32.2. The standard InChI is InChI=1S/C32H32N6O3S2/c1-5-27(30(39)35-25-14-16-26(17-15-25)43(40,41)38-31-33-19-18-22(4)34-31)42-32-36-28(23-10-6-20(2)7-11-23)29(37-32)24-12-8-21(3)9-13-24/h6-19,27H,5H2,1-4H3,(H,35,39)(H,36,37)(H,33,34,38). The van der Waals surface area contributed by atoms with E-state index in [2.05, 4.69) is 73.5 Å². The monoisotopic (exact) mass is 612 g/mol. The summed E-state index contributed by atoms with van der Waals surface area (Å²) in [5.74, 6) is -0.214. The van der Waals surface area contributed by atoms with Gasteiger partial charge in [-0.1, -0.05) is 78.3 Å². The minimum absolute atomic E-state index is 0.00538. The number of carbonyl (C=O) groups excluding carboxylic acids is 1. The van der Waals surface area contributed by atoms with Gasteiger partial charge >= 0.3 is 0 Å². The fraction of sp³-hybridized carbons (Fsp3) is 0.188. The Balaban J connectivity index is 1.32. The van der Waals surface area contributed by atoms with Crippen molar-refractivity contribution in [1.82, 2.24) is 19.9 Å². The Hall–Kier alpha value is -4.48. The van der Waals surface area contributed by atoms with E-state index in [1.807, 2.05) is 20.8 Å². The highest BCUT2D eigenvalue weighted by Gasteiger charge is 2.23. The average molecular weight is 613 g/mol. The van der Waals surface area contributed by atoms with Gasteiger partial charge < -0.3 is 10.3 Å². The van der Waals surface area contributed by atoms with Crippen molar-refractivity contribution in [1.29, 1.82) is 0 Å². The average Bonchev–Trinajstić information content (AvgIpc) is 3.40. The minimum atomic E-state index is -3.89. The van der Waals surface area contributed by atoms with E-state index in [4.69, 9.17) is 4.98 Å². The second-order valence-electron chi connectivity index (χ2n) is 10.2. The predicted molar refractivity (Wildman–Crippen MR) is 172 cm³/mol. The molecule has 9 nitrogen and oxygen atoms in total. The minimum Gasteiger partial charge on any atom is -0.332 e. The summed E-state index contributed by atoms with van der Waals surface area (Å²) in [7, 11) is -3.89. The molecule has 5 rings (SSSR count). The zero-order chi connectivity index (χ0) is 30.6. The van der Waals surface area contributed by atoms with Gasteiger partial charge in [0.25, 0.3) is 10.0 Å². The second kappa shape index (κ2) is 12.8. The van der Waals surface area contributed by atoms with Crippen LogP contribution in [0.4, 0.5) is 11.6 Å². The smallest absolute Gasteiger partial charge is 0.264 e. The number of benzene rings is 3. The Labute approximate surface area is 255 Å². The van der Waals surface area contributed by atoms with Gasteiger partial charge in [0.05, 0.1) is 21.5 Å². The maximum Gasteiger partial charge on any atom is 0.264 e. The number of nitrogens with zero attached hydrogens (tertiary/aromatic N) is 3. The molecule has 3 aromatic carbocycles. The van der Waals surface area contributed by atoms with E-state index in [0.717, 1.165) is 28.1 Å². The van der Waals surface area contributed by atoms with Crippen LogP contribution in [0.1, 0.15) is 30.2 Å². The zero-order valence-electron chi connectivity index (χ0n) is 24.3. The van der Waals surface area contributed by atoms with E-state index in [9.17, 15) is 13.2 Å². The molecule has 2 aromatic heterocycles. The molecule has 220 valence electrons. The van der Waals surface area contributed by atoms with Gasteiger partial charge in [-0.3, -0.25) is 4.79 Å². The number of aromatic nitrogens is 4. The number of nitrogens with one attached hydrogen (secondary N) is 3. The van der Waals surface area contributed by atoms with Crippen LogP contribution in [0.25, 0.3) is 22.5 Å². The highest BCUT2D eigenvalue weighted by molar-refractivity contribution is 8.00. The molecule has 2 heterocycles. The van der Waals surface area contributed by atoms with Gasteiger partial charge in [0.15, 0.2) is 5.16 Å². The van der Waals surface area contributed by atoms with Crippen molar-refractivity contribution in [3.8, 4) is 22.5 Å². The van der Waals surface area contributed by atoms with E-state index in [1.165, 1.54) is 35.7 Å². The molecule has 0 spiro atoms. The lowest BCUT2D eigenvalue weighted by atomic mass is 10.0. The van der Waals surface area contributed by atoms with Gasteiger partial charge in [-0.05, 0) is 57.5 Å². The number of hydrogen-bond acceptors (Lipinski definition) is 7. The van der Waals surface area contributed by atoms with Gasteiger partial charge in [0.2, 0.25) is 11.9 Å². The van der Waals surface area contributed by atoms with Crippen molar-refractivity contribution >= 4 is 39.3 Å². The lowest BCUT2D eigenvalue weighted by molar-refractivity contribution is -0.115. The zero-order valence-corrected chi connectivity index (χ0v) is 25.9. The van der Waals surface area contributed by atoms with Crippen molar-refractivity contribution in [2.24, 2.45) is 0 Å². The second-order valence-corrected chi connectivity index (χ2v) is 13.0. The fourth-order valence-corrected chi connectivity index (χ4v) is 6.19. The highest BCUT2D eigenvalue weighted by Crippen LogP contribution is 2.35. The first-order chi connectivity index (χ1) is 20.6. The molecule has 1 unspecified atom stereocenters. The van der Waals surface area contributed by atoms with Gasteiger partial charge in [0, 0.05) is 28.7 Å². The summed E-state index contributed by atoms with van der Waals surface area (Å²) in [6, 6.07) is 24.1. The first-order valence-corrected chi connectivity index (χ1v) is 16.1. The Morgan fingerprint density at radius 2 is 1.49 bits per heavy atom. The third-order valence-corrected chi connectivity index (χ3v) is 9.31. The van der Waals surface area contributed by atoms with Crippen molar-refractivity contribution in [2.75, 3.05) is 10.0 Å². The number of anilines is 2. The molecule has 0 saturated carbocycles. The third kappa shape index (κ3) is 7.30. The van der Waals surface area contributed by atoms with Crippen molar-refractivity contribution < 1.29 is 13.2 Å². The summed E-state index contributed by atoms with van der Waals surface area (Å²) in [5, 5.41) is 3.10. The van der Waals surface area contributed by atoms with Gasteiger partial charge in [0.1, 0.15) is 0 Å². The number of amides is 1. The molecule has 0 fully saturated rings. The molecule has 5 aromatic rings. The summed E-state index contributed by atoms with van der Waals surface area (Å²) >= 11 is 1.36. The van der Waals surface area contributed by atoms with Crippen LogP contribution in [0.2, 0.25) is 0 Å². The molecule has 0 aliphatic rings. The number of thioether (sulfide) groups is 1. The van der Waals surface area contributed by atoms with Crippen LogP contribution in [-0.4, -0.2) is 39.5 Å².